The van der Waals surface area contributed by atoms with Gasteiger partial charge in [-0.1, -0.05) is 19.9 Å². The minimum absolute atomic E-state index is 0.274. The van der Waals surface area contributed by atoms with Crippen molar-refractivity contribution in [2.75, 3.05) is 0 Å². The van der Waals surface area contributed by atoms with Crippen molar-refractivity contribution in [1.82, 2.24) is 0 Å². The molecule has 3 nitrogen and oxygen atoms in total. The number of benzene rings is 1. The number of hydrogen-bond acceptors (Lipinski definition) is 3. The summed E-state index contributed by atoms with van der Waals surface area (Å²) < 4.78 is 25.1. The van der Waals surface area contributed by atoms with E-state index in [0.29, 0.717) is 41.7 Å². The van der Waals surface area contributed by atoms with Gasteiger partial charge in [-0.05, 0) is 54.5 Å². The smallest absolute Gasteiger partial charge is 0.252 e. The van der Waals surface area contributed by atoms with E-state index in [1.807, 2.05) is 13.8 Å². The monoisotopic (exact) mass is 300 g/mol. The van der Waals surface area contributed by atoms with Gasteiger partial charge in [0.25, 0.3) is 5.24 Å². The summed E-state index contributed by atoms with van der Waals surface area (Å²) in [5.74, 6) is 0. The SMILES string of the molecule is CCc1ccc(C(=O)Cl)c(CC)c1S(=O)(=O)C1CC1. The summed E-state index contributed by atoms with van der Waals surface area (Å²) in [7, 11) is -3.32. The molecule has 2 rings (SSSR count). The molecule has 19 heavy (non-hydrogen) atoms. The van der Waals surface area contributed by atoms with Crippen molar-refractivity contribution in [2.45, 2.75) is 49.7 Å². The van der Waals surface area contributed by atoms with E-state index in [-0.39, 0.29) is 5.25 Å². The first-order chi connectivity index (χ1) is 8.93. The maximum atomic E-state index is 12.6. The van der Waals surface area contributed by atoms with E-state index in [1.165, 1.54) is 0 Å². The first-order valence-corrected chi connectivity index (χ1v) is 8.44. The lowest BCUT2D eigenvalue weighted by atomic mass is 10.0. The maximum Gasteiger partial charge on any atom is 0.252 e. The summed E-state index contributed by atoms with van der Waals surface area (Å²) in [4.78, 5) is 11.8. The predicted molar refractivity (Wildman–Crippen MR) is 75.6 cm³/mol. The molecule has 0 radical (unpaired) electrons. The largest absolute Gasteiger partial charge is 0.276 e. The van der Waals surface area contributed by atoms with Gasteiger partial charge in [0.2, 0.25) is 0 Å². The Balaban J connectivity index is 2.74. The molecule has 1 aliphatic rings. The van der Waals surface area contributed by atoms with E-state index < -0.39 is 15.1 Å². The summed E-state index contributed by atoms with van der Waals surface area (Å²) in [6, 6.07) is 3.35. The van der Waals surface area contributed by atoms with Crippen molar-refractivity contribution in [3.05, 3.63) is 28.8 Å². The van der Waals surface area contributed by atoms with Crippen LogP contribution in [0.5, 0.6) is 0 Å². The highest BCUT2D eigenvalue weighted by Gasteiger charge is 2.39. The number of rotatable bonds is 5. The van der Waals surface area contributed by atoms with Crippen LogP contribution >= 0.6 is 11.6 Å². The molecule has 1 fully saturated rings. The van der Waals surface area contributed by atoms with E-state index in [1.54, 1.807) is 12.1 Å². The summed E-state index contributed by atoms with van der Waals surface area (Å²) in [5.41, 5.74) is 1.68. The van der Waals surface area contributed by atoms with Gasteiger partial charge >= 0.3 is 0 Å². The molecule has 1 saturated carbocycles. The molecule has 0 spiro atoms. The van der Waals surface area contributed by atoms with E-state index in [0.717, 1.165) is 5.56 Å². The second-order valence-electron chi connectivity index (χ2n) is 4.81. The summed E-state index contributed by atoms with van der Waals surface area (Å²) in [6.45, 7) is 3.77. The van der Waals surface area contributed by atoms with Gasteiger partial charge in [0.1, 0.15) is 0 Å². The third kappa shape index (κ3) is 2.56. The molecule has 0 saturated heterocycles. The fourth-order valence-electron chi connectivity index (χ4n) is 2.39. The lowest BCUT2D eigenvalue weighted by Gasteiger charge is -2.16. The van der Waals surface area contributed by atoms with Crippen molar-refractivity contribution in [2.24, 2.45) is 0 Å². The van der Waals surface area contributed by atoms with Crippen molar-refractivity contribution in [1.29, 1.82) is 0 Å². The minimum atomic E-state index is -3.32. The van der Waals surface area contributed by atoms with Crippen LogP contribution in [0.25, 0.3) is 0 Å². The van der Waals surface area contributed by atoms with Gasteiger partial charge in [0.05, 0.1) is 10.1 Å². The topological polar surface area (TPSA) is 51.2 Å². The zero-order chi connectivity index (χ0) is 14.2. The maximum absolute atomic E-state index is 12.6. The summed E-state index contributed by atoms with van der Waals surface area (Å²) >= 11 is 5.57. The first kappa shape index (κ1) is 14.5. The van der Waals surface area contributed by atoms with Crippen molar-refractivity contribution in [3.8, 4) is 0 Å². The van der Waals surface area contributed by atoms with Gasteiger partial charge < -0.3 is 0 Å². The number of aryl methyl sites for hydroxylation is 1. The molecule has 0 atom stereocenters. The Hall–Kier alpha value is -0.870. The fourth-order valence-corrected chi connectivity index (χ4v) is 4.83. The molecule has 0 bridgehead atoms. The average Bonchev–Trinajstić information content (AvgIpc) is 3.20. The molecular weight excluding hydrogens is 284 g/mol. The number of carbonyl (C=O) groups is 1. The van der Waals surface area contributed by atoms with Crippen LogP contribution in [0.15, 0.2) is 17.0 Å². The number of sulfone groups is 1. The quantitative estimate of drug-likeness (QED) is 0.785. The zero-order valence-electron chi connectivity index (χ0n) is 11.1. The Bertz CT molecular complexity index is 616. The Morgan fingerprint density at radius 1 is 1.26 bits per heavy atom. The van der Waals surface area contributed by atoms with Crippen molar-refractivity contribution < 1.29 is 13.2 Å². The first-order valence-electron chi connectivity index (χ1n) is 6.51. The molecule has 1 aliphatic carbocycles. The molecule has 0 N–H and O–H groups in total. The van der Waals surface area contributed by atoms with Gasteiger partial charge in [-0.25, -0.2) is 8.42 Å². The molecule has 1 aromatic carbocycles. The molecule has 5 heteroatoms. The Morgan fingerprint density at radius 3 is 2.32 bits per heavy atom. The van der Waals surface area contributed by atoms with Crippen LogP contribution in [0, 0.1) is 0 Å². The van der Waals surface area contributed by atoms with Crippen LogP contribution in [-0.4, -0.2) is 18.9 Å². The van der Waals surface area contributed by atoms with Gasteiger partial charge in [0.15, 0.2) is 9.84 Å². The van der Waals surface area contributed by atoms with Crippen LogP contribution in [0.4, 0.5) is 0 Å². The molecule has 0 amide bonds. The molecule has 0 unspecified atom stereocenters. The van der Waals surface area contributed by atoms with Crippen LogP contribution in [0.2, 0.25) is 0 Å². The minimum Gasteiger partial charge on any atom is -0.276 e. The highest BCUT2D eigenvalue weighted by Crippen LogP contribution is 2.38. The fraction of sp³-hybridized carbons (Fsp3) is 0.500. The third-order valence-electron chi connectivity index (χ3n) is 3.54. The Morgan fingerprint density at radius 2 is 1.89 bits per heavy atom. The molecular formula is C14H17ClO3S. The predicted octanol–water partition coefficient (Wildman–Crippen LogP) is 3.13. The number of carbonyl (C=O) groups excluding carboxylic acids is 1. The van der Waals surface area contributed by atoms with Crippen LogP contribution in [0.1, 0.15) is 48.2 Å². The average molecular weight is 301 g/mol. The Kier molecular flexibility index (Phi) is 4.02. The lowest BCUT2D eigenvalue weighted by molar-refractivity contribution is 0.108. The van der Waals surface area contributed by atoms with Crippen LogP contribution < -0.4 is 0 Å². The number of hydrogen-bond donors (Lipinski definition) is 0. The Labute approximate surface area is 118 Å². The van der Waals surface area contributed by atoms with Gasteiger partial charge in [-0.2, -0.15) is 0 Å². The van der Waals surface area contributed by atoms with Crippen LogP contribution in [0.3, 0.4) is 0 Å². The van der Waals surface area contributed by atoms with E-state index in [2.05, 4.69) is 0 Å². The second kappa shape index (κ2) is 5.25. The zero-order valence-corrected chi connectivity index (χ0v) is 12.6. The highest BCUT2D eigenvalue weighted by atomic mass is 35.5. The van der Waals surface area contributed by atoms with Crippen LogP contribution in [-0.2, 0) is 22.7 Å². The van der Waals surface area contributed by atoms with Crippen molar-refractivity contribution >= 4 is 26.7 Å². The summed E-state index contributed by atoms with van der Waals surface area (Å²) in [5, 5.41) is -0.865. The third-order valence-corrected chi connectivity index (χ3v) is 6.17. The molecule has 0 aliphatic heterocycles. The van der Waals surface area contributed by atoms with E-state index >= 15 is 0 Å². The van der Waals surface area contributed by atoms with Gasteiger partial charge in [-0.15, -0.1) is 0 Å². The molecule has 0 aromatic heterocycles. The highest BCUT2D eigenvalue weighted by molar-refractivity contribution is 7.92. The number of halogens is 1. The van der Waals surface area contributed by atoms with Gasteiger partial charge in [0, 0.05) is 5.56 Å². The lowest BCUT2D eigenvalue weighted by Crippen LogP contribution is -2.15. The van der Waals surface area contributed by atoms with E-state index in [4.69, 9.17) is 11.6 Å². The normalized spacial score (nSPS) is 15.5. The second-order valence-corrected chi connectivity index (χ2v) is 7.31. The molecule has 0 heterocycles. The van der Waals surface area contributed by atoms with Gasteiger partial charge in [-0.3, -0.25) is 4.79 Å². The summed E-state index contributed by atoms with van der Waals surface area (Å²) in [6.07, 6.45) is 2.55. The van der Waals surface area contributed by atoms with Crippen molar-refractivity contribution in [3.63, 3.8) is 0 Å². The molecule has 104 valence electrons. The standard InChI is InChI=1S/C14H17ClO3S/c1-3-9-5-8-12(14(15)16)11(4-2)13(9)19(17,18)10-6-7-10/h5,8,10H,3-4,6-7H2,1-2H3. The van der Waals surface area contributed by atoms with E-state index in [9.17, 15) is 13.2 Å². The molecule has 1 aromatic rings.